The molecule has 1 aromatic heterocycles. The molecule has 0 radical (unpaired) electrons. The minimum Gasteiger partial charge on any atom is -0.491 e. The van der Waals surface area contributed by atoms with Gasteiger partial charge in [-0.2, -0.15) is 0 Å². The predicted octanol–water partition coefficient (Wildman–Crippen LogP) is 2.98. The van der Waals surface area contributed by atoms with Gasteiger partial charge >= 0.3 is 0 Å². The molecule has 1 heterocycles. The maximum Gasteiger partial charge on any atom is 0.146 e. The minimum atomic E-state index is 0.661. The van der Waals surface area contributed by atoms with Crippen molar-refractivity contribution in [2.24, 2.45) is 5.73 Å². The van der Waals surface area contributed by atoms with Gasteiger partial charge in [0.05, 0.1) is 16.3 Å². The smallest absolute Gasteiger partial charge is 0.146 e. The molecule has 0 unspecified atom stereocenters. The molecule has 0 bridgehead atoms. The molecule has 0 fully saturated rings. The molecule has 0 saturated heterocycles. The first kappa shape index (κ1) is 12.3. The molecule has 1 aromatic carbocycles. The lowest BCUT2D eigenvalue weighted by molar-refractivity contribution is 0.316. The Balaban J connectivity index is 2.22. The second kappa shape index (κ2) is 5.98. The van der Waals surface area contributed by atoms with Gasteiger partial charge in [-0.1, -0.05) is 13.0 Å². The maximum absolute atomic E-state index is 5.72. The van der Waals surface area contributed by atoms with Crippen LogP contribution in [0.3, 0.4) is 0 Å². The Morgan fingerprint density at radius 2 is 2.29 bits per heavy atom. The average molecular weight is 250 g/mol. The van der Waals surface area contributed by atoms with E-state index in [-0.39, 0.29) is 0 Å². The molecule has 17 heavy (non-hydrogen) atoms. The van der Waals surface area contributed by atoms with Gasteiger partial charge in [-0.25, -0.2) is 4.98 Å². The summed E-state index contributed by atoms with van der Waals surface area (Å²) in [4.78, 5) is 4.64. The van der Waals surface area contributed by atoms with Crippen LogP contribution in [0.25, 0.3) is 10.2 Å². The van der Waals surface area contributed by atoms with Gasteiger partial charge in [0.15, 0.2) is 0 Å². The number of nitrogens with two attached hydrogens (primary N) is 1. The van der Waals surface area contributed by atoms with Crippen molar-refractivity contribution >= 4 is 21.6 Å². The Bertz CT molecular complexity index is 481. The largest absolute Gasteiger partial charge is 0.491 e. The Hall–Kier alpha value is -1.13. The van der Waals surface area contributed by atoms with Crippen molar-refractivity contribution in [1.29, 1.82) is 0 Å². The van der Waals surface area contributed by atoms with Crippen molar-refractivity contribution in [3.8, 4) is 5.75 Å². The van der Waals surface area contributed by atoms with Crippen molar-refractivity contribution in [3.05, 3.63) is 23.2 Å². The SMILES string of the molecule is CCCc1nc2c(OCCCN)cccc2s1. The molecule has 2 rings (SSSR count). The number of hydrogen-bond acceptors (Lipinski definition) is 4. The summed E-state index contributed by atoms with van der Waals surface area (Å²) in [6, 6.07) is 6.10. The summed E-state index contributed by atoms with van der Waals surface area (Å²) in [5.41, 5.74) is 6.45. The quantitative estimate of drug-likeness (QED) is 0.802. The van der Waals surface area contributed by atoms with Crippen LogP contribution >= 0.6 is 11.3 Å². The molecule has 2 aromatic rings. The van der Waals surface area contributed by atoms with E-state index in [4.69, 9.17) is 10.5 Å². The van der Waals surface area contributed by atoms with E-state index in [1.165, 1.54) is 9.71 Å². The van der Waals surface area contributed by atoms with E-state index in [0.717, 1.165) is 30.5 Å². The lowest BCUT2D eigenvalue weighted by Crippen LogP contribution is -2.06. The zero-order valence-electron chi connectivity index (χ0n) is 10.1. The highest BCUT2D eigenvalue weighted by Crippen LogP contribution is 2.30. The Kier molecular flexibility index (Phi) is 4.34. The van der Waals surface area contributed by atoms with Crippen LogP contribution in [0.1, 0.15) is 24.8 Å². The summed E-state index contributed by atoms with van der Waals surface area (Å²) >= 11 is 1.76. The summed E-state index contributed by atoms with van der Waals surface area (Å²) in [7, 11) is 0. The van der Waals surface area contributed by atoms with E-state index in [1.807, 2.05) is 12.1 Å². The van der Waals surface area contributed by atoms with Crippen molar-refractivity contribution in [2.75, 3.05) is 13.2 Å². The Morgan fingerprint density at radius 3 is 3.06 bits per heavy atom. The standard InChI is InChI=1S/C13H18N2OS/c1-2-5-12-15-13-10(16-9-4-8-14)6-3-7-11(13)17-12/h3,6-7H,2,4-5,8-9,14H2,1H3. The molecule has 3 nitrogen and oxygen atoms in total. The van der Waals surface area contributed by atoms with Gasteiger partial charge in [0.25, 0.3) is 0 Å². The fourth-order valence-corrected chi connectivity index (χ4v) is 2.76. The Labute approximate surface area is 106 Å². The van der Waals surface area contributed by atoms with Gasteiger partial charge < -0.3 is 10.5 Å². The van der Waals surface area contributed by atoms with Crippen LogP contribution < -0.4 is 10.5 Å². The first-order valence-corrected chi connectivity index (χ1v) is 6.88. The van der Waals surface area contributed by atoms with Gasteiger partial charge in [-0.3, -0.25) is 0 Å². The van der Waals surface area contributed by atoms with Crippen LogP contribution in [0.4, 0.5) is 0 Å². The second-order valence-corrected chi connectivity index (χ2v) is 5.07. The van der Waals surface area contributed by atoms with Crippen molar-refractivity contribution in [1.82, 2.24) is 4.98 Å². The van der Waals surface area contributed by atoms with E-state index < -0.39 is 0 Å². The maximum atomic E-state index is 5.72. The number of hydrogen-bond donors (Lipinski definition) is 1. The van der Waals surface area contributed by atoms with E-state index in [2.05, 4.69) is 18.0 Å². The third-order valence-electron chi connectivity index (χ3n) is 2.50. The highest BCUT2D eigenvalue weighted by Gasteiger charge is 2.08. The highest BCUT2D eigenvalue weighted by molar-refractivity contribution is 7.18. The van der Waals surface area contributed by atoms with E-state index in [1.54, 1.807) is 11.3 Å². The molecular formula is C13H18N2OS. The number of benzene rings is 1. The van der Waals surface area contributed by atoms with Gasteiger partial charge in [-0.15, -0.1) is 11.3 Å². The van der Waals surface area contributed by atoms with E-state index in [9.17, 15) is 0 Å². The summed E-state index contributed by atoms with van der Waals surface area (Å²) < 4.78 is 6.92. The Morgan fingerprint density at radius 1 is 1.41 bits per heavy atom. The molecule has 0 saturated carbocycles. The number of thiazole rings is 1. The third-order valence-corrected chi connectivity index (χ3v) is 3.58. The predicted molar refractivity (Wildman–Crippen MR) is 72.8 cm³/mol. The third kappa shape index (κ3) is 2.96. The topological polar surface area (TPSA) is 48.1 Å². The summed E-state index contributed by atoms with van der Waals surface area (Å²) in [5.74, 6) is 0.884. The van der Waals surface area contributed by atoms with Gasteiger partial charge in [0.2, 0.25) is 0 Å². The van der Waals surface area contributed by atoms with Crippen LogP contribution in [0.2, 0.25) is 0 Å². The first-order valence-electron chi connectivity index (χ1n) is 6.06. The minimum absolute atomic E-state index is 0.661. The van der Waals surface area contributed by atoms with E-state index in [0.29, 0.717) is 13.2 Å². The lowest BCUT2D eigenvalue weighted by atomic mass is 10.3. The normalized spacial score (nSPS) is 10.9. The van der Waals surface area contributed by atoms with Crippen molar-refractivity contribution in [3.63, 3.8) is 0 Å². The number of aromatic nitrogens is 1. The summed E-state index contributed by atoms with van der Waals surface area (Å²) in [6.45, 7) is 3.50. The van der Waals surface area contributed by atoms with E-state index >= 15 is 0 Å². The fraction of sp³-hybridized carbons (Fsp3) is 0.462. The van der Waals surface area contributed by atoms with Gasteiger partial charge in [0.1, 0.15) is 11.3 Å². The molecule has 0 aliphatic heterocycles. The van der Waals surface area contributed by atoms with Crippen LogP contribution in [0.15, 0.2) is 18.2 Å². The molecule has 0 aliphatic carbocycles. The number of fused-ring (bicyclic) bond motifs is 1. The van der Waals surface area contributed by atoms with Crippen LogP contribution in [-0.2, 0) is 6.42 Å². The molecular weight excluding hydrogens is 232 g/mol. The highest BCUT2D eigenvalue weighted by atomic mass is 32.1. The monoisotopic (exact) mass is 250 g/mol. The summed E-state index contributed by atoms with van der Waals surface area (Å²) in [5, 5.41) is 1.19. The molecule has 92 valence electrons. The molecule has 0 aliphatic rings. The van der Waals surface area contributed by atoms with Gasteiger partial charge in [0, 0.05) is 0 Å². The molecule has 0 atom stereocenters. The van der Waals surface area contributed by atoms with Crippen LogP contribution in [0.5, 0.6) is 5.75 Å². The first-order chi connectivity index (χ1) is 8.35. The zero-order chi connectivity index (χ0) is 12.1. The lowest BCUT2D eigenvalue weighted by Gasteiger charge is -2.05. The average Bonchev–Trinajstić information content (AvgIpc) is 2.73. The van der Waals surface area contributed by atoms with Crippen molar-refractivity contribution in [2.45, 2.75) is 26.2 Å². The van der Waals surface area contributed by atoms with Crippen LogP contribution in [0, 0.1) is 0 Å². The molecule has 4 heteroatoms. The number of rotatable bonds is 6. The summed E-state index contributed by atoms with van der Waals surface area (Å²) in [6.07, 6.45) is 3.05. The molecule has 2 N–H and O–H groups in total. The van der Waals surface area contributed by atoms with Gasteiger partial charge in [-0.05, 0) is 37.9 Å². The van der Waals surface area contributed by atoms with Crippen LogP contribution in [-0.4, -0.2) is 18.1 Å². The second-order valence-electron chi connectivity index (χ2n) is 3.95. The fourth-order valence-electron chi connectivity index (χ4n) is 1.67. The van der Waals surface area contributed by atoms with Crippen molar-refractivity contribution < 1.29 is 4.74 Å². The number of nitrogens with zero attached hydrogens (tertiary/aromatic N) is 1. The number of para-hydroxylation sites is 1. The zero-order valence-corrected chi connectivity index (χ0v) is 10.9. The molecule has 0 amide bonds. The number of ether oxygens (including phenoxy) is 1. The molecule has 0 spiro atoms. The number of aryl methyl sites for hydroxylation is 1.